The van der Waals surface area contributed by atoms with Gasteiger partial charge in [-0.2, -0.15) is 5.10 Å². The van der Waals surface area contributed by atoms with Crippen LogP contribution >= 0.6 is 0 Å². The van der Waals surface area contributed by atoms with E-state index in [0.717, 1.165) is 12.1 Å². The fraction of sp³-hybridized carbons (Fsp3) is 0.571. The van der Waals surface area contributed by atoms with Crippen LogP contribution in [0.1, 0.15) is 18.2 Å². The van der Waals surface area contributed by atoms with Crippen LogP contribution in [0.2, 0.25) is 0 Å². The number of aromatic amines is 1. The molecule has 0 spiro atoms. The van der Waals surface area contributed by atoms with Crippen LogP contribution < -0.4 is 0 Å². The van der Waals surface area contributed by atoms with Gasteiger partial charge in [-0.05, 0) is 12.0 Å². The van der Waals surface area contributed by atoms with E-state index in [-0.39, 0.29) is 6.42 Å². The number of rotatable bonds is 3. The highest BCUT2D eigenvalue weighted by atomic mass is 19.3. The maximum absolute atomic E-state index is 11.9. The van der Waals surface area contributed by atoms with E-state index in [1.54, 1.807) is 0 Å². The van der Waals surface area contributed by atoms with E-state index < -0.39 is 6.43 Å². The van der Waals surface area contributed by atoms with Gasteiger partial charge in [-0.15, -0.1) is 0 Å². The first-order valence-electron chi connectivity index (χ1n) is 3.53. The van der Waals surface area contributed by atoms with E-state index in [0.29, 0.717) is 5.56 Å². The first-order chi connectivity index (χ1) is 5.24. The minimum Gasteiger partial charge on any atom is -0.282 e. The third kappa shape index (κ3) is 2.00. The molecule has 2 nitrogen and oxygen atoms in total. The van der Waals surface area contributed by atoms with Crippen molar-refractivity contribution in [3.05, 3.63) is 17.5 Å². The van der Waals surface area contributed by atoms with Crippen LogP contribution in [0.4, 0.5) is 8.78 Å². The Kier molecular flexibility index (Phi) is 2.57. The molecule has 0 aromatic carbocycles. The summed E-state index contributed by atoms with van der Waals surface area (Å²) in [5, 5.41) is 6.37. The van der Waals surface area contributed by atoms with Crippen LogP contribution in [0.25, 0.3) is 0 Å². The summed E-state index contributed by atoms with van der Waals surface area (Å²) in [6.45, 7) is 1.91. The lowest BCUT2D eigenvalue weighted by Crippen LogP contribution is -1.98. The minimum absolute atomic E-state index is 0.195. The molecule has 1 aromatic heterocycles. The second kappa shape index (κ2) is 3.46. The number of nitrogens with zero attached hydrogens (tertiary/aromatic N) is 1. The summed E-state index contributed by atoms with van der Waals surface area (Å²) in [5.41, 5.74) is 1.44. The zero-order valence-corrected chi connectivity index (χ0v) is 6.27. The number of nitrogens with one attached hydrogen (secondary N) is 1. The number of alkyl halides is 2. The number of hydrogen-bond acceptors (Lipinski definition) is 1. The van der Waals surface area contributed by atoms with E-state index in [9.17, 15) is 8.78 Å². The van der Waals surface area contributed by atoms with E-state index in [1.807, 2.05) is 6.92 Å². The number of halogens is 2. The molecule has 1 N–H and O–H groups in total. The van der Waals surface area contributed by atoms with Gasteiger partial charge in [0.25, 0.3) is 0 Å². The summed E-state index contributed by atoms with van der Waals surface area (Å²) in [6.07, 6.45) is -0.287. The maximum Gasteiger partial charge on any atom is 0.242 e. The highest BCUT2D eigenvalue weighted by Gasteiger charge is 2.09. The topological polar surface area (TPSA) is 28.7 Å². The number of aromatic nitrogens is 2. The van der Waals surface area contributed by atoms with Crippen molar-refractivity contribution < 1.29 is 8.78 Å². The summed E-state index contributed by atoms with van der Waals surface area (Å²) in [4.78, 5) is 0. The Morgan fingerprint density at radius 3 is 2.91 bits per heavy atom. The molecule has 0 radical (unpaired) electrons. The molecule has 0 aliphatic heterocycles. The largest absolute Gasteiger partial charge is 0.282 e. The number of aryl methyl sites for hydroxylation is 1. The molecule has 1 heterocycles. The highest BCUT2D eigenvalue weighted by molar-refractivity contribution is 5.16. The van der Waals surface area contributed by atoms with Gasteiger partial charge in [0.15, 0.2) is 0 Å². The van der Waals surface area contributed by atoms with Crippen LogP contribution in [-0.4, -0.2) is 16.6 Å². The quantitative estimate of drug-likeness (QED) is 0.717. The highest BCUT2D eigenvalue weighted by Crippen LogP contribution is 2.10. The van der Waals surface area contributed by atoms with Crippen molar-refractivity contribution >= 4 is 0 Å². The lowest BCUT2D eigenvalue weighted by molar-refractivity contribution is 0.149. The van der Waals surface area contributed by atoms with Gasteiger partial charge in [0.1, 0.15) is 0 Å². The smallest absolute Gasteiger partial charge is 0.242 e. The summed E-state index contributed by atoms with van der Waals surface area (Å²) in [5.74, 6) is 0. The molecule has 62 valence electrons. The van der Waals surface area contributed by atoms with E-state index in [2.05, 4.69) is 10.2 Å². The zero-order chi connectivity index (χ0) is 8.27. The molecule has 0 aliphatic rings. The van der Waals surface area contributed by atoms with E-state index >= 15 is 0 Å². The lowest BCUT2D eigenvalue weighted by atomic mass is 10.1. The SMILES string of the molecule is CCc1[nH]ncc1CC(F)F. The Balaban J connectivity index is 2.68. The average Bonchev–Trinajstić information content (AvgIpc) is 2.34. The molecule has 0 amide bonds. The molecule has 4 heteroatoms. The first-order valence-corrected chi connectivity index (χ1v) is 3.53. The molecule has 11 heavy (non-hydrogen) atoms. The Morgan fingerprint density at radius 2 is 2.36 bits per heavy atom. The van der Waals surface area contributed by atoms with Crippen molar-refractivity contribution in [3.8, 4) is 0 Å². The van der Waals surface area contributed by atoms with Gasteiger partial charge in [0.2, 0.25) is 6.43 Å². The van der Waals surface area contributed by atoms with Gasteiger partial charge in [0.05, 0.1) is 6.20 Å². The number of H-pyrrole nitrogens is 1. The molecule has 0 saturated carbocycles. The van der Waals surface area contributed by atoms with Crippen LogP contribution in [0.5, 0.6) is 0 Å². The molecular formula is C7H10F2N2. The predicted molar refractivity (Wildman–Crippen MR) is 37.7 cm³/mol. The van der Waals surface area contributed by atoms with Gasteiger partial charge >= 0.3 is 0 Å². The van der Waals surface area contributed by atoms with Crippen molar-refractivity contribution in [2.75, 3.05) is 0 Å². The summed E-state index contributed by atoms with van der Waals surface area (Å²) < 4.78 is 23.7. The van der Waals surface area contributed by atoms with Gasteiger partial charge in [-0.1, -0.05) is 6.92 Å². The van der Waals surface area contributed by atoms with E-state index in [4.69, 9.17) is 0 Å². The fourth-order valence-electron chi connectivity index (χ4n) is 0.986. The second-order valence-corrected chi connectivity index (χ2v) is 2.32. The van der Waals surface area contributed by atoms with Crippen molar-refractivity contribution in [1.82, 2.24) is 10.2 Å². The van der Waals surface area contributed by atoms with Gasteiger partial charge in [-0.25, -0.2) is 8.78 Å². The first kappa shape index (κ1) is 8.17. The summed E-state index contributed by atoms with van der Waals surface area (Å²) in [6, 6.07) is 0. The molecular weight excluding hydrogens is 150 g/mol. The third-order valence-corrected chi connectivity index (χ3v) is 1.54. The maximum atomic E-state index is 11.9. The fourth-order valence-corrected chi connectivity index (χ4v) is 0.986. The third-order valence-electron chi connectivity index (χ3n) is 1.54. The van der Waals surface area contributed by atoms with Crippen LogP contribution in [-0.2, 0) is 12.8 Å². The number of hydrogen-bond donors (Lipinski definition) is 1. The van der Waals surface area contributed by atoms with Gasteiger partial charge in [-0.3, -0.25) is 5.10 Å². The molecule has 0 aliphatic carbocycles. The molecule has 1 rings (SSSR count). The van der Waals surface area contributed by atoms with Gasteiger partial charge < -0.3 is 0 Å². The Hall–Kier alpha value is -0.930. The van der Waals surface area contributed by atoms with Crippen LogP contribution in [0, 0.1) is 0 Å². The standard InChI is InChI=1S/C7H10F2N2/c1-2-6-5(3-7(8)9)4-10-11-6/h4,7H,2-3H2,1H3,(H,10,11). The average molecular weight is 160 g/mol. The Labute approximate surface area is 63.6 Å². The van der Waals surface area contributed by atoms with Crippen LogP contribution in [0.3, 0.4) is 0 Å². The summed E-state index contributed by atoms with van der Waals surface area (Å²) in [7, 11) is 0. The molecule has 0 unspecified atom stereocenters. The van der Waals surface area contributed by atoms with E-state index in [1.165, 1.54) is 6.20 Å². The summed E-state index contributed by atoms with van der Waals surface area (Å²) >= 11 is 0. The van der Waals surface area contributed by atoms with Crippen molar-refractivity contribution in [2.45, 2.75) is 26.2 Å². The molecule has 0 fully saturated rings. The van der Waals surface area contributed by atoms with Crippen LogP contribution in [0.15, 0.2) is 6.20 Å². The molecule has 1 aromatic rings. The Morgan fingerprint density at radius 1 is 1.64 bits per heavy atom. The predicted octanol–water partition coefficient (Wildman–Crippen LogP) is 1.78. The molecule has 0 saturated heterocycles. The Bertz CT molecular complexity index is 220. The zero-order valence-electron chi connectivity index (χ0n) is 6.27. The molecule has 0 bridgehead atoms. The monoisotopic (exact) mass is 160 g/mol. The lowest BCUT2D eigenvalue weighted by Gasteiger charge is -1.97. The van der Waals surface area contributed by atoms with Crippen molar-refractivity contribution in [1.29, 1.82) is 0 Å². The molecule has 0 atom stereocenters. The normalized spacial score (nSPS) is 10.9. The van der Waals surface area contributed by atoms with Crippen molar-refractivity contribution in [3.63, 3.8) is 0 Å². The second-order valence-electron chi connectivity index (χ2n) is 2.32. The van der Waals surface area contributed by atoms with Crippen molar-refractivity contribution in [2.24, 2.45) is 0 Å². The van der Waals surface area contributed by atoms with Gasteiger partial charge in [0, 0.05) is 12.1 Å². The minimum atomic E-state index is -2.28.